The minimum absolute atomic E-state index is 0.125. The zero-order chi connectivity index (χ0) is 26.7. The largest absolute Gasteiger partial charge is 0.395 e. The Kier molecular flexibility index (Phi) is 13.1. The third-order valence-electron chi connectivity index (χ3n) is 5.43. The van der Waals surface area contributed by atoms with Crippen molar-refractivity contribution in [3.63, 3.8) is 0 Å². The third kappa shape index (κ3) is 9.59. The van der Waals surface area contributed by atoms with Crippen molar-refractivity contribution in [2.75, 3.05) is 43.6 Å². The van der Waals surface area contributed by atoms with Gasteiger partial charge in [0.2, 0.25) is 5.78 Å². The monoisotopic (exact) mass is 543 g/mol. The van der Waals surface area contributed by atoms with Crippen LogP contribution in [0, 0.1) is 17.6 Å². The van der Waals surface area contributed by atoms with Crippen LogP contribution in [0.15, 0.2) is 12.1 Å². The van der Waals surface area contributed by atoms with Gasteiger partial charge in [0.25, 0.3) is 0 Å². The average Bonchev–Trinajstić information content (AvgIpc) is 3.20. The van der Waals surface area contributed by atoms with Gasteiger partial charge < -0.3 is 20.6 Å². The first kappa shape index (κ1) is 30.4. The van der Waals surface area contributed by atoms with Gasteiger partial charge in [0.05, 0.1) is 12.2 Å². The highest BCUT2D eigenvalue weighted by Gasteiger charge is 2.27. The van der Waals surface area contributed by atoms with Crippen molar-refractivity contribution in [2.45, 2.75) is 58.5 Å². The number of aliphatic hydroxyl groups excluding tert-OH is 1. The fourth-order valence-electron chi connectivity index (χ4n) is 3.86. The van der Waals surface area contributed by atoms with Gasteiger partial charge in [0, 0.05) is 24.9 Å². The molecule has 0 radical (unpaired) electrons. The number of anilines is 2. The summed E-state index contributed by atoms with van der Waals surface area (Å²) in [5.74, 6) is -0.495. The van der Waals surface area contributed by atoms with E-state index in [-0.39, 0.29) is 29.9 Å². The molecule has 0 spiro atoms. The van der Waals surface area contributed by atoms with Gasteiger partial charge in [-0.05, 0) is 50.6 Å². The molecule has 0 amide bonds. The SMILES string of the molecule is CC(C)CSN.CN(C)Cc1cc(F)c(C(=O)c2sc(NC3CCCCC3)nc2NCCO)c(F)c1. The molecule has 0 saturated heterocycles. The minimum atomic E-state index is -0.889. The Balaban J connectivity index is 0.000000678. The lowest BCUT2D eigenvalue weighted by atomic mass is 9.96. The van der Waals surface area contributed by atoms with E-state index in [1.54, 1.807) is 19.0 Å². The summed E-state index contributed by atoms with van der Waals surface area (Å²) < 4.78 is 29.4. The van der Waals surface area contributed by atoms with Crippen molar-refractivity contribution in [2.24, 2.45) is 11.1 Å². The van der Waals surface area contributed by atoms with Crippen LogP contribution in [0.5, 0.6) is 0 Å². The molecule has 1 saturated carbocycles. The molecule has 202 valence electrons. The number of nitrogens with zero attached hydrogens (tertiary/aromatic N) is 2. The van der Waals surface area contributed by atoms with Gasteiger partial charge in [-0.1, -0.05) is 56.4 Å². The lowest BCUT2D eigenvalue weighted by Gasteiger charge is -2.22. The second-order valence-corrected chi connectivity index (χ2v) is 11.2. The molecule has 1 aliphatic rings. The van der Waals surface area contributed by atoms with Crippen LogP contribution in [0.2, 0.25) is 0 Å². The summed E-state index contributed by atoms with van der Waals surface area (Å²) in [4.78, 5) is 19.4. The van der Waals surface area contributed by atoms with Crippen molar-refractivity contribution < 1.29 is 18.7 Å². The van der Waals surface area contributed by atoms with Gasteiger partial charge in [-0.3, -0.25) is 9.93 Å². The predicted octanol–water partition coefficient (Wildman–Crippen LogP) is 5.11. The van der Waals surface area contributed by atoms with E-state index in [0.29, 0.717) is 17.2 Å². The second-order valence-electron chi connectivity index (χ2n) is 9.55. The third-order valence-corrected chi connectivity index (χ3v) is 7.27. The van der Waals surface area contributed by atoms with Crippen LogP contribution in [0.25, 0.3) is 0 Å². The zero-order valence-corrected chi connectivity index (χ0v) is 23.2. The van der Waals surface area contributed by atoms with Crippen molar-refractivity contribution in [3.05, 3.63) is 39.8 Å². The molecule has 11 heteroatoms. The number of ketones is 1. The van der Waals surface area contributed by atoms with Crippen LogP contribution >= 0.6 is 23.3 Å². The van der Waals surface area contributed by atoms with Crippen LogP contribution in [0.4, 0.5) is 19.7 Å². The topological polar surface area (TPSA) is 104 Å². The summed E-state index contributed by atoms with van der Waals surface area (Å²) in [6, 6.07) is 2.66. The van der Waals surface area contributed by atoms with E-state index in [0.717, 1.165) is 48.7 Å². The predicted molar refractivity (Wildman–Crippen MR) is 147 cm³/mol. The first-order valence-electron chi connectivity index (χ1n) is 12.3. The van der Waals surface area contributed by atoms with E-state index in [2.05, 4.69) is 29.5 Å². The smallest absolute Gasteiger partial charge is 0.212 e. The summed E-state index contributed by atoms with van der Waals surface area (Å²) in [6.45, 7) is 4.69. The number of nitrogens with one attached hydrogen (secondary N) is 2. The van der Waals surface area contributed by atoms with Crippen molar-refractivity contribution in [3.8, 4) is 0 Å². The minimum Gasteiger partial charge on any atom is -0.395 e. The Bertz CT molecular complexity index is 943. The highest BCUT2D eigenvalue weighted by Crippen LogP contribution is 2.33. The Morgan fingerprint density at radius 2 is 1.89 bits per heavy atom. The number of thiazole rings is 1. The molecule has 1 aromatic heterocycles. The summed E-state index contributed by atoms with van der Waals surface area (Å²) in [5, 5.41) is 21.0. The second kappa shape index (κ2) is 15.5. The Morgan fingerprint density at radius 1 is 1.25 bits per heavy atom. The lowest BCUT2D eigenvalue weighted by molar-refractivity contribution is 0.103. The normalized spacial score (nSPS) is 14.1. The first-order valence-corrected chi connectivity index (χ1v) is 14.1. The van der Waals surface area contributed by atoms with Crippen molar-refractivity contribution >= 4 is 40.0 Å². The number of rotatable bonds is 11. The van der Waals surface area contributed by atoms with Crippen LogP contribution in [-0.2, 0) is 6.54 Å². The molecule has 0 atom stereocenters. The number of halogens is 2. The van der Waals surface area contributed by atoms with E-state index in [1.165, 1.54) is 30.5 Å². The number of benzene rings is 1. The quantitative estimate of drug-likeness (QED) is 0.229. The molecule has 0 bridgehead atoms. The van der Waals surface area contributed by atoms with Crippen LogP contribution in [0.1, 0.15) is 66.8 Å². The molecule has 36 heavy (non-hydrogen) atoms. The Morgan fingerprint density at radius 3 is 2.39 bits per heavy atom. The average molecular weight is 544 g/mol. The molecular formula is C25H39F2N5O2S2. The van der Waals surface area contributed by atoms with Gasteiger partial charge >= 0.3 is 0 Å². The van der Waals surface area contributed by atoms with Gasteiger partial charge in [0.15, 0.2) is 10.9 Å². The number of hydrogen-bond acceptors (Lipinski definition) is 9. The molecule has 2 aromatic rings. The zero-order valence-electron chi connectivity index (χ0n) is 21.6. The Labute approximate surface area is 221 Å². The van der Waals surface area contributed by atoms with Gasteiger partial charge in [-0.25, -0.2) is 13.8 Å². The summed E-state index contributed by atoms with van der Waals surface area (Å²) in [6.07, 6.45) is 5.55. The van der Waals surface area contributed by atoms with Gasteiger partial charge in [0.1, 0.15) is 16.5 Å². The van der Waals surface area contributed by atoms with E-state index >= 15 is 0 Å². The maximum absolute atomic E-state index is 14.7. The van der Waals surface area contributed by atoms with E-state index in [1.807, 2.05) is 0 Å². The van der Waals surface area contributed by atoms with Crippen molar-refractivity contribution in [1.29, 1.82) is 0 Å². The number of carbonyl (C=O) groups excluding carboxylic acids is 1. The Hall–Kier alpha value is -1.79. The molecule has 1 aliphatic carbocycles. The number of aromatic nitrogens is 1. The van der Waals surface area contributed by atoms with Crippen LogP contribution < -0.4 is 15.8 Å². The standard InChI is InChI=1S/C21H28F2N4O2S.C4H11NS/c1-27(2)12-13-10-15(22)17(16(23)11-13)18(29)19-20(24-8-9-28)26-21(30-19)25-14-6-4-3-5-7-14;1-4(2)3-6-5/h10-11,14,24,28H,3-9,12H2,1-2H3,(H,25,26);4H,3,5H2,1-2H3. The maximum atomic E-state index is 14.7. The first-order chi connectivity index (χ1) is 17.2. The summed E-state index contributed by atoms with van der Waals surface area (Å²) in [7, 11) is 3.60. The number of aliphatic hydroxyl groups is 1. The lowest BCUT2D eigenvalue weighted by Crippen LogP contribution is -2.22. The number of nitrogens with two attached hydrogens (primary N) is 1. The maximum Gasteiger partial charge on any atom is 0.212 e. The highest BCUT2D eigenvalue weighted by atomic mass is 32.2. The molecule has 7 nitrogen and oxygen atoms in total. The van der Waals surface area contributed by atoms with Crippen LogP contribution in [0.3, 0.4) is 0 Å². The van der Waals surface area contributed by atoms with E-state index in [4.69, 9.17) is 10.2 Å². The van der Waals surface area contributed by atoms with Crippen LogP contribution in [-0.4, -0.2) is 59.8 Å². The fraction of sp³-hybridized carbons (Fsp3) is 0.600. The molecule has 1 heterocycles. The molecule has 0 unspecified atom stereocenters. The molecular weight excluding hydrogens is 504 g/mol. The molecule has 3 rings (SSSR count). The summed E-state index contributed by atoms with van der Waals surface area (Å²) >= 11 is 2.49. The molecule has 1 aromatic carbocycles. The molecule has 1 fully saturated rings. The molecule has 0 aliphatic heterocycles. The van der Waals surface area contributed by atoms with E-state index in [9.17, 15) is 13.6 Å². The molecule has 5 N–H and O–H groups in total. The van der Waals surface area contributed by atoms with E-state index < -0.39 is 23.0 Å². The fourth-order valence-corrected chi connectivity index (χ4v) is 5.21. The van der Waals surface area contributed by atoms with Gasteiger partial charge in [-0.15, -0.1) is 0 Å². The van der Waals surface area contributed by atoms with Gasteiger partial charge in [-0.2, -0.15) is 0 Å². The number of carbonyl (C=O) groups is 1. The number of hydrogen-bond donors (Lipinski definition) is 4. The summed E-state index contributed by atoms with van der Waals surface area (Å²) in [5.41, 5.74) is -0.133. The highest BCUT2D eigenvalue weighted by molar-refractivity contribution is 7.97. The van der Waals surface area contributed by atoms with Crippen molar-refractivity contribution in [1.82, 2.24) is 9.88 Å².